The van der Waals surface area contributed by atoms with E-state index in [1.165, 1.54) is 0 Å². The summed E-state index contributed by atoms with van der Waals surface area (Å²) in [5.74, 6) is 0.697. The zero-order valence-corrected chi connectivity index (χ0v) is 8.85. The molecule has 1 rings (SSSR count). The molecule has 0 N–H and O–H groups in total. The molecule has 2 heteroatoms. The maximum Gasteiger partial charge on any atom is 0.159 e. The van der Waals surface area contributed by atoms with Gasteiger partial charge in [-0.05, 0) is 37.3 Å². The highest BCUT2D eigenvalue weighted by Gasteiger charge is 2.21. The van der Waals surface area contributed by atoms with Crippen LogP contribution in [0.2, 0.25) is 0 Å². The fraction of sp³-hybridized carbons (Fsp3) is 0.417. The van der Waals surface area contributed by atoms with Crippen LogP contribution in [0.25, 0.3) is 0 Å². The van der Waals surface area contributed by atoms with Crippen LogP contribution in [0.4, 0.5) is 0 Å². The summed E-state index contributed by atoms with van der Waals surface area (Å²) in [5, 5.41) is 0. The monoisotopic (exact) mass is 192 g/mol. The van der Waals surface area contributed by atoms with E-state index in [4.69, 9.17) is 4.74 Å². The lowest BCUT2D eigenvalue weighted by atomic mass is 10.00. The molecule has 0 radical (unpaired) electrons. The molecule has 0 bridgehead atoms. The van der Waals surface area contributed by atoms with Crippen LogP contribution in [-0.4, -0.2) is 12.9 Å². The second-order valence-corrected chi connectivity index (χ2v) is 3.47. The van der Waals surface area contributed by atoms with Gasteiger partial charge in [-0.1, -0.05) is 13.2 Å². The molecule has 0 atom stereocenters. The van der Waals surface area contributed by atoms with Gasteiger partial charge in [-0.2, -0.15) is 0 Å². The molecule has 76 valence electrons. The SMILES string of the molecule is C=C(OC)C1=C(C(=C)C(C)=O)CCC1. The van der Waals surface area contributed by atoms with Gasteiger partial charge >= 0.3 is 0 Å². The van der Waals surface area contributed by atoms with Gasteiger partial charge in [0.05, 0.1) is 7.11 Å². The van der Waals surface area contributed by atoms with Gasteiger partial charge in [0.2, 0.25) is 0 Å². The molecule has 0 aromatic carbocycles. The van der Waals surface area contributed by atoms with Gasteiger partial charge in [-0.3, -0.25) is 4.79 Å². The first-order chi connectivity index (χ1) is 6.57. The average molecular weight is 192 g/mol. The highest BCUT2D eigenvalue weighted by Crippen LogP contribution is 2.34. The Morgan fingerprint density at radius 3 is 2.36 bits per heavy atom. The van der Waals surface area contributed by atoms with Crippen molar-refractivity contribution in [3.05, 3.63) is 35.6 Å². The minimum absolute atomic E-state index is 0.0308. The number of Topliss-reactive ketones (excluding diaryl/α,β-unsaturated/α-hetero) is 1. The third-order valence-corrected chi connectivity index (χ3v) is 2.59. The van der Waals surface area contributed by atoms with Gasteiger partial charge in [-0.15, -0.1) is 0 Å². The summed E-state index contributed by atoms with van der Waals surface area (Å²) in [6.45, 7) is 9.16. The summed E-state index contributed by atoms with van der Waals surface area (Å²) in [5.41, 5.74) is 2.70. The Labute approximate surface area is 85.0 Å². The van der Waals surface area contributed by atoms with Crippen molar-refractivity contribution in [2.24, 2.45) is 0 Å². The molecule has 0 heterocycles. The third-order valence-electron chi connectivity index (χ3n) is 2.59. The fourth-order valence-electron chi connectivity index (χ4n) is 1.72. The van der Waals surface area contributed by atoms with E-state index in [-0.39, 0.29) is 5.78 Å². The van der Waals surface area contributed by atoms with Crippen LogP contribution in [0, 0.1) is 0 Å². The number of ketones is 1. The number of carbonyl (C=O) groups excluding carboxylic acids is 1. The van der Waals surface area contributed by atoms with E-state index in [1.807, 2.05) is 0 Å². The van der Waals surface area contributed by atoms with Crippen molar-refractivity contribution < 1.29 is 9.53 Å². The molecule has 0 aromatic rings. The van der Waals surface area contributed by atoms with Gasteiger partial charge < -0.3 is 4.74 Å². The fourth-order valence-corrected chi connectivity index (χ4v) is 1.72. The molecule has 0 aliphatic heterocycles. The lowest BCUT2D eigenvalue weighted by Gasteiger charge is -2.09. The van der Waals surface area contributed by atoms with E-state index < -0.39 is 0 Å². The van der Waals surface area contributed by atoms with Crippen molar-refractivity contribution in [2.75, 3.05) is 7.11 Å². The Morgan fingerprint density at radius 1 is 1.29 bits per heavy atom. The standard InChI is InChI=1S/C12H16O2/c1-8(9(2)13)11-6-5-7-12(11)10(3)14-4/h1,3,5-7H2,2,4H3. The second kappa shape index (κ2) is 4.27. The summed E-state index contributed by atoms with van der Waals surface area (Å²) in [6, 6.07) is 0. The zero-order valence-electron chi connectivity index (χ0n) is 8.85. The van der Waals surface area contributed by atoms with E-state index >= 15 is 0 Å². The van der Waals surface area contributed by atoms with Gasteiger partial charge in [0.15, 0.2) is 5.78 Å². The Bertz CT molecular complexity index is 321. The summed E-state index contributed by atoms with van der Waals surface area (Å²) in [7, 11) is 1.60. The Morgan fingerprint density at radius 2 is 1.86 bits per heavy atom. The van der Waals surface area contributed by atoms with Crippen LogP contribution >= 0.6 is 0 Å². The van der Waals surface area contributed by atoms with Crippen LogP contribution in [0.1, 0.15) is 26.2 Å². The van der Waals surface area contributed by atoms with Gasteiger partial charge in [0, 0.05) is 5.57 Å². The molecule has 2 nitrogen and oxygen atoms in total. The molecule has 0 unspecified atom stereocenters. The number of allylic oxidation sites excluding steroid dienone is 3. The van der Waals surface area contributed by atoms with Gasteiger partial charge in [0.25, 0.3) is 0 Å². The lowest BCUT2D eigenvalue weighted by molar-refractivity contribution is -0.113. The van der Waals surface area contributed by atoms with Crippen LogP contribution in [-0.2, 0) is 9.53 Å². The largest absolute Gasteiger partial charge is 0.497 e. The predicted octanol–water partition coefficient (Wildman–Crippen LogP) is 2.77. The van der Waals surface area contributed by atoms with Crippen LogP contribution in [0.15, 0.2) is 35.6 Å². The number of ether oxygens (including phenoxy) is 1. The maximum atomic E-state index is 11.2. The van der Waals surface area contributed by atoms with Crippen molar-refractivity contribution in [3.63, 3.8) is 0 Å². The molecule has 0 aromatic heterocycles. The van der Waals surface area contributed by atoms with Gasteiger partial charge in [0.1, 0.15) is 5.76 Å². The van der Waals surface area contributed by atoms with E-state index in [1.54, 1.807) is 14.0 Å². The van der Waals surface area contributed by atoms with Crippen molar-refractivity contribution in [1.29, 1.82) is 0 Å². The quantitative estimate of drug-likeness (QED) is 0.505. The lowest BCUT2D eigenvalue weighted by Crippen LogP contribution is -2.00. The summed E-state index contributed by atoms with van der Waals surface area (Å²) in [6.07, 6.45) is 2.91. The van der Waals surface area contributed by atoms with Gasteiger partial charge in [-0.25, -0.2) is 0 Å². The number of rotatable bonds is 4. The zero-order chi connectivity index (χ0) is 10.7. The third kappa shape index (κ3) is 1.95. The van der Waals surface area contributed by atoms with Crippen molar-refractivity contribution >= 4 is 5.78 Å². The number of methoxy groups -OCH3 is 1. The minimum Gasteiger partial charge on any atom is -0.497 e. The second-order valence-electron chi connectivity index (χ2n) is 3.47. The Hall–Kier alpha value is -1.31. The molecule has 0 amide bonds. The predicted molar refractivity (Wildman–Crippen MR) is 56.8 cm³/mol. The number of carbonyl (C=O) groups is 1. The summed E-state index contributed by atoms with van der Waals surface area (Å²) < 4.78 is 5.09. The number of hydrogen-bond donors (Lipinski definition) is 0. The first kappa shape index (κ1) is 10.8. The minimum atomic E-state index is 0.0308. The molecule has 14 heavy (non-hydrogen) atoms. The van der Waals surface area contributed by atoms with Crippen LogP contribution < -0.4 is 0 Å². The van der Waals surface area contributed by atoms with Crippen LogP contribution in [0.3, 0.4) is 0 Å². The van der Waals surface area contributed by atoms with Crippen molar-refractivity contribution in [2.45, 2.75) is 26.2 Å². The molecule has 1 aliphatic rings. The highest BCUT2D eigenvalue weighted by molar-refractivity contribution is 5.97. The molecule has 0 saturated carbocycles. The van der Waals surface area contributed by atoms with E-state index in [2.05, 4.69) is 13.2 Å². The smallest absolute Gasteiger partial charge is 0.159 e. The molecule has 1 aliphatic carbocycles. The first-order valence-corrected chi connectivity index (χ1v) is 4.73. The molecule has 0 saturated heterocycles. The molecular formula is C12H16O2. The van der Waals surface area contributed by atoms with E-state index in [0.29, 0.717) is 11.3 Å². The molecule has 0 fully saturated rings. The average Bonchev–Trinajstić information content (AvgIpc) is 2.63. The molecule has 0 spiro atoms. The summed E-state index contributed by atoms with van der Waals surface area (Å²) in [4.78, 5) is 11.2. The van der Waals surface area contributed by atoms with Crippen molar-refractivity contribution in [1.82, 2.24) is 0 Å². The van der Waals surface area contributed by atoms with E-state index in [9.17, 15) is 4.79 Å². The Balaban J connectivity index is 2.99. The maximum absolute atomic E-state index is 11.2. The van der Waals surface area contributed by atoms with Crippen LogP contribution in [0.5, 0.6) is 0 Å². The number of hydrogen-bond acceptors (Lipinski definition) is 2. The van der Waals surface area contributed by atoms with E-state index in [0.717, 1.165) is 30.4 Å². The van der Waals surface area contributed by atoms with Crippen molar-refractivity contribution in [3.8, 4) is 0 Å². The first-order valence-electron chi connectivity index (χ1n) is 4.73. The molecular weight excluding hydrogens is 176 g/mol. The highest BCUT2D eigenvalue weighted by atomic mass is 16.5. The normalized spacial score (nSPS) is 15.6. The Kier molecular flexibility index (Phi) is 3.28. The summed E-state index contributed by atoms with van der Waals surface area (Å²) >= 11 is 0. The topological polar surface area (TPSA) is 26.3 Å².